The summed E-state index contributed by atoms with van der Waals surface area (Å²) in [5.74, 6) is -0.239. The van der Waals surface area contributed by atoms with E-state index < -0.39 is 30.0 Å². The van der Waals surface area contributed by atoms with Crippen LogP contribution < -0.4 is 19.5 Å². The third kappa shape index (κ3) is 5.25. The number of carbonyl (C=O) groups excluding carboxylic acids is 1. The number of hydrogen-bond donors (Lipinski definition) is 2. The maximum Gasteiger partial charge on any atom is 0.419 e. The number of nitrogens with one attached hydrogen (secondary N) is 2. The summed E-state index contributed by atoms with van der Waals surface area (Å²) >= 11 is 0. The fraction of sp³-hybridized carbons (Fsp3) is 0.222. The van der Waals surface area contributed by atoms with Gasteiger partial charge in [0.15, 0.2) is 18.1 Å². The lowest BCUT2D eigenvalue weighted by atomic mass is 9.90. The maximum absolute atomic E-state index is 13.2. The van der Waals surface area contributed by atoms with Gasteiger partial charge in [-0.05, 0) is 29.8 Å². The highest BCUT2D eigenvalue weighted by Gasteiger charge is 2.34. The number of fused-ring (bicyclic) bond motifs is 1. The van der Waals surface area contributed by atoms with Gasteiger partial charge in [0.1, 0.15) is 5.75 Å². The number of benzene rings is 3. The summed E-state index contributed by atoms with van der Waals surface area (Å²) in [7, 11) is 3.08. The Hall–Kier alpha value is -4.14. The molecule has 0 saturated heterocycles. The number of carbonyl (C=O) groups is 1. The minimum absolute atomic E-state index is 0.147. The molecular weight excluding hydrogens is 473 g/mol. The van der Waals surface area contributed by atoms with Crippen molar-refractivity contribution in [2.24, 2.45) is 0 Å². The molecule has 1 amide bonds. The van der Waals surface area contributed by atoms with Crippen molar-refractivity contribution in [2.75, 3.05) is 27.4 Å². The van der Waals surface area contributed by atoms with Gasteiger partial charge < -0.3 is 24.5 Å². The third-order valence-corrected chi connectivity index (χ3v) is 5.86. The lowest BCUT2D eigenvalue weighted by molar-refractivity contribution is -0.139. The zero-order valence-corrected chi connectivity index (χ0v) is 19.7. The standard InChI is InChI=1S/C27H25F3N2O4/c1-34-24-13-7-9-18(26(24)35-2)20(19-14-31-22-11-5-3-8-17(19)22)15-32-25(33)16-36-23-12-6-4-10-21(23)27(28,29)30/h3-14,20,31H,15-16H2,1-2H3,(H,32,33). The van der Waals surface area contributed by atoms with Gasteiger partial charge in [-0.3, -0.25) is 4.79 Å². The first kappa shape index (κ1) is 25.0. The molecule has 36 heavy (non-hydrogen) atoms. The lowest BCUT2D eigenvalue weighted by Gasteiger charge is -2.22. The van der Waals surface area contributed by atoms with E-state index in [0.29, 0.717) is 11.5 Å². The van der Waals surface area contributed by atoms with Crippen LogP contribution in [0.2, 0.25) is 0 Å². The molecule has 0 fully saturated rings. The van der Waals surface area contributed by atoms with Crippen LogP contribution in [0, 0.1) is 0 Å². The van der Waals surface area contributed by atoms with Gasteiger partial charge >= 0.3 is 6.18 Å². The fourth-order valence-electron chi connectivity index (χ4n) is 4.19. The van der Waals surface area contributed by atoms with Crippen LogP contribution in [-0.4, -0.2) is 38.3 Å². The zero-order chi connectivity index (χ0) is 25.7. The number of ether oxygens (including phenoxy) is 3. The third-order valence-electron chi connectivity index (χ3n) is 5.86. The average Bonchev–Trinajstić information content (AvgIpc) is 3.31. The average molecular weight is 499 g/mol. The van der Waals surface area contributed by atoms with Gasteiger partial charge in [0.05, 0.1) is 19.8 Å². The summed E-state index contributed by atoms with van der Waals surface area (Å²) in [6, 6.07) is 18.0. The second-order valence-corrected chi connectivity index (χ2v) is 8.01. The number of amides is 1. The number of methoxy groups -OCH3 is 2. The first-order valence-corrected chi connectivity index (χ1v) is 11.2. The second-order valence-electron chi connectivity index (χ2n) is 8.01. The highest BCUT2D eigenvalue weighted by molar-refractivity contribution is 5.85. The summed E-state index contributed by atoms with van der Waals surface area (Å²) in [5, 5.41) is 3.77. The van der Waals surface area contributed by atoms with Crippen LogP contribution in [0.25, 0.3) is 10.9 Å². The predicted molar refractivity (Wildman–Crippen MR) is 130 cm³/mol. The van der Waals surface area contributed by atoms with E-state index in [1.54, 1.807) is 13.2 Å². The Kier molecular flexibility index (Phi) is 7.38. The number of H-pyrrole nitrogens is 1. The molecule has 0 saturated carbocycles. The zero-order valence-electron chi connectivity index (χ0n) is 19.7. The lowest BCUT2D eigenvalue weighted by Crippen LogP contribution is -2.33. The molecule has 0 radical (unpaired) electrons. The topological polar surface area (TPSA) is 72.6 Å². The molecule has 0 bridgehead atoms. The van der Waals surface area contributed by atoms with Crippen LogP contribution >= 0.6 is 0 Å². The molecule has 1 heterocycles. The Labute approximate surface area is 206 Å². The van der Waals surface area contributed by atoms with Gasteiger partial charge in [-0.2, -0.15) is 13.2 Å². The van der Waals surface area contributed by atoms with E-state index in [0.717, 1.165) is 28.1 Å². The molecule has 0 aliphatic carbocycles. The second kappa shape index (κ2) is 10.6. The monoisotopic (exact) mass is 498 g/mol. The molecule has 0 aliphatic rings. The number of para-hydroxylation sites is 3. The van der Waals surface area contributed by atoms with E-state index >= 15 is 0 Å². The van der Waals surface area contributed by atoms with E-state index in [4.69, 9.17) is 14.2 Å². The summed E-state index contributed by atoms with van der Waals surface area (Å²) in [5.41, 5.74) is 1.69. The van der Waals surface area contributed by atoms with Crippen molar-refractivity contribution >= 4 is 16.8 Å². The molecule has 4 aromatic rings. The van der Waals surface area contributed by atoms with E-state index in [9.17, 15) is 18.0 Å². The van der Waals surface area contributed by atoms with Gasteiger partial charge in [0.25, 0.3) is 5.91 Å². The smallest absolute Gasteiger partial charge is 0.419 e. The van der Waals surface area contributed by atoms with Crippen LogP contribution in [0.3, 0.4) is 0 Å². The minimum Gasteiger partial charge on any atom is -0.493 e. The molecular formula is C27H25F3N2O4. The van der Waals surface area contributed by atoms with Crippen molar-refractivity contribution in [3.63, 3.8) is 0 Å². The first-order chi connectivity index (χ1) is 17.3. The van der Waals surface area contributed by atoms with E-state index in [2.05, 4.69) is 10.3 Å². The predicted octanol–water partition coefficient (Wildman–Crippen LogP) is 5.53. The van der Waals surface area contributed by atoms with E-state index in [-0.39, 0.29) is 12.5 Å². The number of aromatic amines is 1. The van der Waals surface area contributed by atoms with Crippen LogP contribution in [0.4, 0.5) is 13.2 Å². The van der Waals surface area contributed by atoms with Gasteiger partial charge in [-0.25, -0.2) is 0 Å². The van der Waals surface area contributed by atoms with Crippen LogP contribution in [0.1, 0.15) is 22.6 Å². The molecule has 0 spiro atoms. The number of rotatable bonds is 9. The summed E-state index contributed by atoms with van der Waals surface area (Å²) < 4.78 is 56.0. The molecule has 0 aliphatic heterocycles. The normalized spacial score (nSPS) is 12.2. The Balaban J connectivity index is 1.58. The maximum atomic E-state index is 13.2. The Morgan fingerprint density at radius 1 is 0.917 bits per heavy atom. The van der Waals surface area contributed by atoms with Crippen molar-refractivity contribution in [1.82, 2.24) is 10.3 Å². The fourth-order valence-corrected chi connectivity index (χ4v) is 4.19. The number of halogens is 3. The number of alkyl halides is 3. The van der Waals surface area contributed by atoms with Crippen molar-refractivity contribution in [3.8, 4) is 17.2 Å². The number of hydrogen-bond acceptors (Lipinski definition) is 4. The van der Waals surface area contributed by atoms with Crippen LogP contribution in [0.15, 0.2) is 72.9 Å². The first-order valence-electron chi connectivity index (χ1n) is 11.2. The van der Waals surface area contributed by atoms with Crippen LogP contribution in [0.5, 0.6) is 17.2 Å². The number of aromatic nitrogens is 1. The highest BCUT2D eigenvalue weighted by Crippen LogP contribution is 2.40. The summed E-state index contributed by atoms with van der Waals surface area (Å²) in [6.45, 7) is -0.419. The molecule has 1 atom stereocenters. The highest BCUT2D eigenvalue weighted by atomic mass is 19.4. The minimum atomic E-state index is -4.59. The molecule has 188 valence electrons. The van der Waals surface area contributed by atoms with Crippen molar-refractivity contribution in [2.45, 2.75) is 12.1 Å². The Morgan fingerprint density at radius 3 is 2.39 bits per heavy atom. The molecule has 9 heteroatoms. The molecule has 1 aromatic heterocycles. The van der Waals surface area contributed by atoms with E-state index in [1.807, 2.05) is 42.6 Å². The molecule has 6 nitrogen and oxygen atoms in total. The Morgan fingerprint density at radius 2 is 1.64 bits per heavy atom. The van der Waals surface area contributed by atoms with Crippen molar-refractivity contribution in [3.05, 3.63) is 89.6 Å². The molecule has 4 rings (SSSR count). The Bertz CT molecular complexity index is 1350. The van der Waals surface area contributed by atoms with E-state index in [1.165, 1.54) is 25.3 Å². The molecule has 2 N–H and O–H groups in total. The molecule has 3 aromatic carbocycles. The largest absolute Gasteiger partial charge is 0.493 e. The quantitative estimate of drug-likeness (QED) is 0.318. The SMILES string of the molecule is COc1cccc(C(CNC(=O)COc2ccccc2C(F)(F)F)c2c[nH]c3ccccc23)c1OC. The summed E-state index contributed by atoms with van der Waals surface area (Å²) in [6.07, 6.45) is -2.72. The van der Waals surface area contributed by atoms with Gasteiger partial charge in [-0.15, -0.1) is 0 Å². The molecule has 1 unspecified atom stereocenters. The van der Waals surface area contributed by atoms with Crippen LogP contribution in [-0.2, 0) is 11.0 Å². The van der Waals surface area contributed by atoms with Gasteiger partial charge in [0.2, 0.25) is 0 Å². The van der Waals surface area contributed by atoms with Crippen molar-refractivity contribution in [1.29, 1.82) is 0 Å². The summed E-state index contributed by atoms with van der Waals surface area (Å²) in [4.78, 5) is 15.9. The van der Waals surface area contributed by atoms with Crippen molar-refractivity contribution < 1.29 is 32.2 Å². The van der Waals surface area contributed by atoms with Gasteiger partial charge in [-0.1, -0.05) is 42.5 Å². The van der Waals surface area contributed by atoms with Gasteiger partial charge in [0, 0.05) is 35.1 Å².